The number of fused-ring (bicyclic) bond motifs is 1. The second-order valence-electron chi connectivity index (χ2n) is 10.6. The quantitative estimate of drug-likeness (QED) is 0.486. The number of anilines is 1. The van der Waals surface area contributed by atoms with Gasteiger partial charge in [0.1, 0.15) is 5.82 Å². The van der Waals surface area contributed by atoms with E-state index < -0.39 is 0 Å². The molecule has 12 nitrogen and oxygen atoms in total. The number of ether oxygens (including phenoxy) is 2. The van der Waals surface area contributed by atoms with Crippen molar-refractivity contribution < 1.29 is 14.3 Å². The van der Waals surface area contributed by atoms with Gasteiger partial charge >= 0.3 is 6.03 Å². The minimum atomic E-state index is -0.0395. The summed E-state index contributed by atoms with van der Waals surface area (Å²) >= 11 is 0. The minimum Gasteiger partial charge on any atom is -0.378 e. The molecule has 208 valence electrons. The molecular formula is C27H37N9O3. The maximum atomic E-state index is 12.4. The number of urea groups is 1. The Hall–Kier alpha value is -3.35. The van der Waals surface area contributed by atoms with E-state index in [1.54, 1.807) is 19.0 Å². The first-order valence-electron chi connectivity index (χ1n) is 13.9. The summed E-state index contributed by atoms with van der Waals surface area (Å²) in [5, 5.41) is 5.72. The lowest BCUT2D eigenvalue weighted by Gasteiger charge is -2.35. The predicted molar refractivity (Wildman–Crippen MR) is 146 cm³/mol. The standard InChI is InChI=1S/C27H37N9O3/c1-32(2)27(37)35-11-9-33(10-12-35)19-23-29-25(31-26(30-23)34-13-16-38-17-14-34)20-6-5-7-22-21(20)18-28-36(22)24-8-3-4-15-39-24/h5-7,18,24H,3-4,8-17,19H2,1-2H3. The molecule has 2 aromatic heterocycles. The van der Waals surface area contributed by atoms with Gasteiger partial charge in [-0.05, 0) is 25.3 Å². The monoisotopic (exact) mass is 535 g/mol. The number of piperazine rings is 1. The highest BCUT2D eigenvalue weighted by Gasteiger charge is 2.25. The van der Waals surface area contributed by atoms with Gasteiger partial charge in [-0.2, -0.15) is 15.1 Å². The highest BCUT2D eigenvalue weighted by atomic mass is 16.5. The minimum absolute atomic E-state index is 0.0395. The van der Waals surface area contributed by atoms with Crippen molar-refractivity contribution in [2.45, 2.75) is 32.0 Å². The number of carbonyl (C=O) groups excluding carboxylic acids is 1. The van der Waals surface area contributed by atoms with Gasteiger partial charge in [-0.15, -0.1) is 0 Å². The van der Waals surface area contributed by atoms with Crippen molar-refractivity contribution in [1.82, 2.24) is 39.4 Å². The molecule has 3 aromatic rings. The highest BCUT2D eigenvalue weighted by Crippen LogP contribution is 2.31. The van der Waals surface area contributed by atoms with E-state index in [0.717, 1.165) is 74.3 Å². The van der Waals surface area contributed by atoms with Crippen LogP contribution in [0, 0.1) is 0 Å². The molecule has 0 aliphatic carbocycles. The summed E-state index contributed by atoms with van der Waals surface area (Å²) in [5.74, 6) is 2.06. The zero-order valence-corrected chi connectivity index (χ0v) is 22.8. The number of rotatable bonds is 5. The Morgan fingerprint density at radius 1 is 1.00 bits per heavy atom. The summed E-state index contributed by atoms with van der Waals surface area (Å²) in [4.78, 5) is 35.2. The van der Waals surface area contributed by atoms with Crippen LogP contribution < -0.4 is 4.90 Å². The Morgan fingerprint density at radius 3 is 2.56 bits per heavy atom. The fraction of sp³-hybridized carbons (Fsp3) is 0.593. The Labute approximate surface area is 228 Å². The van der Waals surface area contributed by atoms with Crippen molar-refractivity contribution >= 4 is 22.9 Å². The number of aromatic nitrogens is 5. The summed E-state index contributed by atoms with van der Waals surface area (Å²) in [6.45, 7) is 7.09. The highest BCUT2D eigenvalue weighted by molar-refractivity contribution is 5.93. The van der Waals surface area contributed by atoms with Crippen LogP contribution in [-0.2, 0) is 16.0 Å². The zero-order chi connectivity index (χ0) is 26.8. The summed E-state index contributed by atoms with van der Waals surface area (Å²) in [7, 11) is 3.58. The van der Waals surface area contributed by atoms with E-state index in [9.17, 15) is 4.79 Å². The lowest BCUT2D eigenvalue weighted by atomic mass is 10.1. The van der Waals surface area contributed by atoms with Crippen LogP contribution in [-0.4, -0.2) is 119 Å². The molecular weight excluding hydrogens is 498 g/mol. The first kappa shape index (κ1) is 25.9. The first-order chi connectivity index (χ1) is 19.1. The summed E-state index contributed by atoms with van der Waals surface area (Å²) in [6, 6.07) is 6.24. The Morgan fingerprint density at radius 2 is 1.82 bits per heavy atom. The number of hydrogen-bond donors (Lipinski definition) is 0. The largest absolute Gasteiger partial charge is 0.378 e. The smallest absolute Gasteiger partial charge is 0.319 e. The SMILES string of the molecule is CN(C)C(=O)N1CCN(Cc2nc(-c3cccc4c3cnn4C3CCCCO3)nc(N3CCOCC3)n2)CC1. The summed E-state index contributed by atoms with van der Waals surface area (Å²) in [5.41, 5.74) is 1.96. The van der Waals surface area contributed by atoms with Crippen LogP contribution in [0.25, 0.3) is 22.3 Å². The third-order valence-electron chi connectivity index (χ3n) is 7.66. The van der Waals surface area contributed by atoms with E-state index in [0.29, 0.717) is 44.6 Å². The Bertz CT molecular complexity index is 1290. The van der Waals surface area contributed by atoms with Gasteiger partial charge in [0, 0.05) is 70.9 Å². The Kier molecular flexibility index (Phi) is 7.58. The second-order valence-corrected chi connectivity index (χ2v) is 10.6. The number of hydrogen-bond acceptors (Lipinski definition) is 9. The van der Waals surface area contributed by atoms with Crippen LogP contribution >= 0.6 is 0 Å². The van der Waals surface area contributed by atoms with E-state index >= 15 is 0 Å². The fourth-order valence-corrected chi connectivity index (χ4v) is 5.50. The molecule has 0 radical (unpaired) electrons. The lowest BCUT2D eigenvalue weighted by molar-refractivity contribution is -0.0366. The molecule has 1 atom stereocenters. The van der Waals surface area contributed by atoms with Crippen molar-refractivity contribution in [2.24, 2.45) is 0 Å². The van der Waals surface area contributed by atoms with Gasteiger partial charge in [-0.3, -0.25) is 4.90 Å². The first-order valence-corrected chi connectivity index (χ1v) is 13.9. The molecule has 0 bridgehead atoms. The Balaban J connectivity index is 1.30. The van der Waals surface area contributed by atoms with Crippen LogP contribution in [0.2, 0.25) is 0 Å². The summed E-state index contributed by atoms with van der Waals surface area (Å²) in [6.07, 6.45) is 5.07. The van der Waals surface area contributed by atoms with E-state index in [1.165, 1.54) is 0 Å². The molecule has 1 unspecified atom stereocenters. The van der Waals surface area contributed by atoms with Crippen molar-refractivity contribution in [1.29, 1.82) is 0 Å². The molecule has 0 N–H and O–H groups in total. The zero-order valence-electron chi connectivity index (χ0n) is 22.8. The molecule has 6 rings (SSSR count). The molecule has 0 spiro atoms. The number of amides is 2. The van der Waals surface area contributed by atoms with Crippen LogP contribution in [0.1, 0.15) is 31.3 Å². The summed E-state index contributed by atoms with van der Waals surface area (Å²) < 4.78 is 13.6. The van der Waals surface area contributed by atoms with E-state index in [1.807, 2.05) is 21.8 Å². The van der Waals surface area contributed by atoms with Gasteiger partial charge in [0.25, 0.3) is 0 Å². The topological polar surface area (TPSA) is 105 Å². The van der Waals surface area contributed by atoms with Crippen molar-refractivity contribution in [3.63, 3.8) is 0 Å². The third-order valence-corrected chi connectivity index (χ3v) is 7.66. The van der Waals surface area contributed by atoms with Gasteiger partial charge in [-0.25, -0.2) is 14.5 Å². The maximum Gasteiger partial charge on any atom is 0.319 e. The average molecular weight is 536 g/mol. The molecule has 3 aliphatic heterocycles. The lowest BCUT2D eigenvalue weighted by Crippen LogP contribution is -2.51. The molecule has 2 amide bonds. The number of morpholine rings is 1. The second kappa shape index (κ2) is 11.4. The molecule has 5 heterocycles. The van der Waals surface area contributed by atoms with Gasteiger partial charge < -0.3 is 24.2 Å². The third kappa shape index (κ3) is 5.54. The van der Waals surface area contributed by atoms with E-state index in [-0.39, 0.29) is 12.3 Å². The molecule has 12 heteroatoms. The van der Waals surface area contributed by atoms with Crippen molar-refractivity contribution in [3.8, 4) is 11.4 Å². The normalized spacial score (nSPS) is 20.9. The number of nitrogens with zero attached hydrogens (tertiary/aromatic N) is 9. The average Bonchev–Trinajstić information content (AvgIpc) is 3.42. The van der Waals surface area contributed by atoms with Crippen LogP contribution in [0.4, 0.5) is 10.7 Å². The molecule has 0 saturated carbocycles. The predicted octanol–water partition coefficient (Wildman–Crippen LogP) is 2.22. The van der Waals surface area contributed by atoms with Crippen molar-refractivity contribution in [3.05, 3.63) is 30.2 Å². The van der Waals surface area contributed by atoms with Gasteiger partial charge in [-0.1, -0.05) is 12.1 Å². The van der Waals surface area contributed by atoms with E-state index in [2.05, 4.69) is 21.9 Å². The molecule has 3 aliphatic rings. The molecule has 3 fully saturated rings. The number of benzene rings is 1. The van der Waals surface area contributed by atoms with Crippen LogP contribution in [0.5, 0.6) is 0 Å². The maximum absolute atomic E-state index is 12.4. The van der Waals surface area contributed by atoms with Gasteiger partial charge in [0.05, 0.1) is 31.5 Å². The number of carbonyl (C=O) groups is 1. The van der Waals surface area contributed by atoms with Crippen molar-refractivity contribution in [2.75, 3.05) is 78.1 Å². The van der Waals surface area contributed by atoms with Crippen LogP contribution in [0.3, 0.4) is 0 Å². The molecule has 3 saturated heterocycles. The molecule has 39 heavy (non-hydrogen) atoms. The molecule has 1 aromatic carbocycles. The van der Waals surface area contributed by atoms with Crippen LogP contribution in [0.15, 0.2) is 24.4 Å². The van der Waals surface area contributed by atoms with Gasteiger partial charge in [0.15, 0.2) is 12.1 Å². The van der Waals surface area contributed by atoms with Gasteiger partial charge in [0.2, 0.25) is 5.95 Å². The van der Waals surface area contributed by atoms with E-state index in [4.69, 9.17) is 29.5 Å². The fourth-order valence-electron chi connectivity index (χ4n) is 5.50.